The summed E-state index contributed by atoms with van der Waals surface area (Å²) in [4.78, 5) is 0. The van der Waals surface area contributed by atoms with Crippen molar-refractivity contribution in [3.05, 3.63) is 18.2 Å². The maximum Gasteiger partial charge on any atom is 0.182 e. The molecular weight excluding hydrogens is 256 g/mol. The number of ether oxygens (including phenoxy) is 1. The number of hydrogen-bond donors (Lipinski definition) is 2. The van der Waals surface area contributed by atoms with Crippen molar-refractivity contribution in [3.8, 4) is 11.4 Å². The lowest BCUT2D eigenvalue weighted by molar-refractivity contribution is 0.173. The summed E-state index contributed by atoms with van der Waals surface area (Å²) in [5, 5.41) is 12.0. The van der Waals surface area contributed by atoms with Gasteiger partial charge in [-0.05, 0) is 42.0 Å². The van der Waals surface area contributed by atoms with Crippen LogP contribution in [0.25, 0.3) is 11.4 Å². The molecule has 7 heteroatoms. The van der Waals surface area contributed by atoms with E-state index in [1.54, 1.807) is 6.07 Å². The number of nitrogen functional groups attached to an aromatic ring is 2. The van der Waals surface area contributed by atoms with Crippen molar-refractivity contribution in [3.63, 3.8) is 0 Å². The van der Waals surface area contributed by atoms with Crippen molar-refractivity contribution < 1.29 is 4.74 Å². The number of tetrazole rings is 1. The van der Waals surface area contributed by atoms with E-state index in [1.807, 2.05) is 16.8 Å². The Bertz CT molecular complexity index is 584. The number of hydrogen-bond acceptors (Lipinski definition) is 6. The van der Waals surface area contributed by atoms with Gasteiger partial charge in [-0.3, -0.25) is 0 Å². The summed E-state index contributed by atoms with van der Waals surface area (Å²) in [6.45, 7) is 3.66. The van der Waals surface area contributed by atoms with Crippen molar-refractivity contribution in [1.82, 2.24) is 20.2 Å². The van der Waals surface area contributed by atoms with Crippen LogP contribution >= 0.6 is 0 Å². The molecule has 4 N–H and O–H groups in total. The fraction of sp³-hybridized carbons (Fsp3) is 0.462. The zero-order valence-electron chi connectivity index (χ0n) is 11.4. The minimum atomic E-state index is 0.171. The van der Waals surface area contributed by atoms with Gasteiger partial charge in [0.2, 0.25) is 0 Å². The van der Waals surface area contributed by atoms with Gasteiger partial charge in [0.1, 0.15) is 0 Å². The molecule has 1 fully saturated rings. The van der Waals surface area contributed by atoms with Crippen molar-refractivity contribution in [2.24, 2.45) is 5.92 Å². The van der Waals surface area contributed by atoms with Crippen molar-refractivity contribution >= 4 is 11.4 Å². The Hall–Kier alpha value is -2.15. The first kappa shape index (κ1) is 12.9. The topological polar surface area (TPSA) is 105 Å². The van der Waals surface area contributed by atoms with Gasteiger partial charge in [-0.2, -0.15) is 0 Å². The second-order valence-corrected chi connectivity index (χ2v) is 5.20. The average molecular weight is 274 g/mol. The molecule has 1 aromatic heterocycles. The van der Waals surface area contributed by atoms with Crippen molar-refractivity contribution in [1.29, 1.82) is 0 Å². The largest absolute Gasteiger partial charge is 0.399 e. The number of anilines is 2. The van der Waals surface area contributed by atoms with Crippen LogP contribution in [0, 0.1) is 5.92 Å². The third-order valence-electron chi connectivity index (χ3n) is 3.76. The maximum atomic E-state index is 5.84. The number of aromatic nitrogens is 4. The zero-order valence-corrected chi connectivity index (χ0v) is 11.4. The zero-order chi connectivity index (χ0) is 14.1. The lowest BCUT2D eigenvalue weighted by Gasteiger charge is -2.18. The number of nitrogens with zero attached hydrogens (tertiary/aromatic N) is 4. The van der Waals surface area contributed by atoms with Gasteiger partial charge in [0.25, 0.3) is 0 Å². The minimum Gasteiger partial charge on any atom is -0.399 e. The Morgan fingerprint density at radius 3 is 2.70 bits per heavy atom. The third-order valence-corrected chi connectivity index (χ3v) is 3.76. The minimum absolute atomic E-state index is 0.171. The van der Waals surface area contributed by atoms with E-state index < -0.39 is 0 Å². The lowest BCUT2D eigenvalue weighted by Crippen LogP contribution is -2.19. The van der Waals surface area contributed by atoms with Crippen LogP contribution in [0.15, 0.2) is 18.2 Å². The molecule has 0 radical (unpaired) electrons. The van der Waals surface area contributed by atoms with Gasteiger partial charge in [0.15, 0.2) is 5.82 Å². The second kappa shape index (κ2) is 5.09. The van der Waals surface area contributed by atoms with E-state index in [0.29, 0.717) is 23.1 Å². The molecule has 7 nitrogen and oxygen atoms in total. The van der Waals surface area contributed by atoms with Gasteiger partial charge in [0.05, 0.1) is 12.6 Å². The molecule has 0 saturated carbocycles. The Balaban J connectivity index is 1.96. The van der Waals surface area contributed by atoms with Crippen LogP contribution in [0.2, 0.25) is 0 Å². The van der Waals surface area contributed by atoms with E-state index in [0.717, 1.165) is 25.2 Å². The highest BCUT2D eigenvalue weighted by Crippen LogP contribution is 2.30. The molecule has 2 unspecified atom stereocenters. The standard InChI is InChI=1S/C13H18N6O/c1-8(9-2-3-20-7-9)19-13(16-17-18-19)10-4-11(14)6-12(15)5-10/h4-6,8-9H,2-3,7,14-15H2,1H3. The molecule has 2 heterocycles. The van der Waals surface area contributed by atoms with E-state index in [9.17, 15) is 0 Å². The molecule has 1 aliphatic rings. The first-order valence-corrected chi connectivity index (χ1v) is 6.67. The molecule has 0 bridgehead atoms. The summed E-state index contributed by atoms with van der Waals surface area (Å²) >= 11 is 0. The fourth-order valence-electron chi connectivity index (χ4n) is 2.60. The molecular formula is C13H18N6O. The van der Waals surface area contributed by atoms with Gasteiger partial charge in [-0.1, -0.05) is 0 Å². The smallest absolute Gasteiger partial charge is 0.182 e. The predicted octanol–water partition coefficient (Wildman–Crippen LogP) is 1.10. The predicted molar refractivity (Wildman–Crippen MR) is 75.7 cm³/mol. The quantitative estimate of drug-likeness (QED) is 0.812. The highest BCUT2D eigenvalue weighted by atomic mass is 16.5. The molecule has 20 heavy (non-hydrogen) atoms. The summed E-state index contributed by atoms with van der Waals surface area (Å²) in [7, 11) is 0. The van der Waals surface area contributed by atoms with Gasteiger partial charge >= 0.3 is 0 Å². The SMILES string of the molecule is CC(C1CCOC1)n1nnnc1-c1cc(N)cc(N)c1. The van der Waals surface area contributed by atoms with Crippen LogP contribution in [0.4, 0.5) is 11.4 Å². The fourth-order valence-corrected chi connectivity index (χ4v) is 2.60. The normalized spacial score (nSPS) is 20.1. The number of rotatable bonds is 3. The summed E-state index contributed by atoms with van der Waals surface area (Å²) in [5.74, 6) is 1.11. The molecule has 1 aliphatic heterocycles. The Labute approximate surface area is 116 Å². The lowest BCUT2D eigenvalue weighted by atomic mass is 10.0. The van der Waals surface area contributed by atoms with Crippen molar-refractivity contribution in [2.75, 3.05) is 24.7 Å². The summed E-state index contributed by atoms with van der Waals surface area (Å²) < 4.78 is 7.27. The van der Waals surface area contributed by atoms with Gasteiger partial charge in [-0.25, -0.2) is 4.68 Å². The molecule has 106 valence electrons. The van der Waals surface area contributed by atoms with Gasteiger partial charge in [-0.15, -0.1) is 5.10 Å². The molecule has 0 amide bonds. The average Bonchev–Trinajstić information content (AvgIpc) is 3.08. The van der Waals surface area contributed by atoms with Crippen LogP contribution in [-0.4, -0.2) is 33.4 Å². The van der Waals surface area contributed by atoms with E-state index in [4.69, 9.17) is 16.2 Å². The Morgan fingerprint density at radius 2 is 2.05 bits per heavy atom. The monoisotopic (exact) mass is 274 g/mol. The van der Waals surface area contributed by atoms with E-state index in [-0.39, 0.29) is 6.04 Å². The molecule has 2 atom stereocenters. The number of benzene rings is 1. The Morgan fingerprint density at radius 1 is 1.30 bits per heavy atom. The molecule has 1 saturated heterocycles. The first-order valence-electron chi connectivity index (χ1n) is 6.67. The highest BCUT2D eigenvalue weighted by molar-refractivity contribution is 5.67. The molecule has 1 aromatic carbocycles. The number of nitrogens with two attached hydrogens (primary N) is 2. The van der Waals surface area contributed by atoms with Crippen LogP contribution < -0.4 is 11.5 Å². The maximum absolute atomic E-state index is 5.84. The highest BCUT2D eigenvalue weighted by Gasteiger charge is 2.26. The van der Waals surface area contributed by atoms with Crippen LogP contribution in [-0.2, 0) is 4.74 Å². The van der Waals surface area contributed by atoms with E-state index in [2.05, 4.69) is 22.4 Å². The van der Waals surface area contributed by atoms with Gasteiger partial charge in [0, 0.05) is 29.5 Å². The van der Waals surface area contributed by atoms with Crippen LogP contribution in [0.5, 0.6) is 0 Å². The molecule has 0 spiro atoms. The summed E-state index contributed by atoms with van der Waals surface area (Å²) in [6, 6.07) is 5.55. The summed E-state index contributed by atoms with van der Waals surface area (Å²) in [6.07, 6.45) is 1.03. The first-order chi connectivity index (χ1) is 9.65. The molecule has 2 aromatic rings. The molecule has 3 rings (SSSR count). The third kappa shape index (κ3) is 2.32. The molecule has 0 aliphatic carbocycles. The second-order valence-electron chi connectivity index (χ2n) is 5.20. The Kier molecular flexibility index (Phi) is 3.27. The van der Waals surface area contributed by atoms with Crippen LogP contribution in [0.3, 0.4) is 0 Å². The van der Waals surface area contributed by atoms with Crippen molar-refractivity contribution in [2.45, 2.75) is 19.4 Å². The van der Waals surface area contributed by atoms with E-state index in [1.165, 1.54) is 0 Å². The van der Waals surface area contributed by atoms with E-state index >= 15 is 0 Å². The van der Waals surface area contributed by atoms with Gasteiger partial charge < -0.3 is 16.2 Å². The summed E-state index contributed by atoms with van der Waals surface area (Å²) in [5.41, 5.74) is 13.7. The van der Waals surface area contributed by atoms with Crippen LogP contribution in [0.1, 0.15) is 19.4 Å².